The Hall–Kier alpha value is -1.31. The van der Waals surface area contributed by atoms with Crippen LogP contribution in [0.5, 0.6) is 0 Å². The number of amides is 1. The molecule has 0 spiro atoms. The fraction of sp³-hybridized carbons (Fsp3) is 0.588. The van der Waals surface area contributed by atoms with E-state index in [-0.39, 0.29) is 12.5 Å². The number of hydrogen-bond donors (Lipinski definition) is 2. The number of hydrogen-bond acceptors (Lipinski definition) is 3. The highest BCUT2D eigenvalue weighted by Crippen LogP contribution is 2.48. The summed E-state index contributed by atoms with van der Waals surface area (Å²) in [5.41, 5.74) is 1.01. The molecule has 3 rings (SSSR count). The molecular weight excluding hydrogens is 282 g/mol. The Kier molecular flexibility index (Phi) is 4.32. The zero-order valence-corrected chi connectivity index (χ0v) is 13.1. The topological polar surface area (TPSA) is 49.3 Å². The lowest BCUT2D eigenvalue weighted by atomic mass is 9.98. The minimum atomic E-state index is -0.149. The second-order valence-corrected chi connectivity index (χ2v) is 7.18. The second-order valence-electron chi connectivity index (χ2n) is 6.13. The van der Waals surface area contributed by atoms with Gasteiger partial charge in [0.15, 0.2) is 0 Å². The number of aryl methyl sites for hydroxylation is 1. The largest absolute Gasteiger partial charge is 0.384 e. The van der Waals surface area contributed by atoms with Crippen molar-refractivity contribution in [2.24, 2.45) is 17.8 Å². The first-order valence-corrected chi connectivity index (χ1v) is 8.49. The van der Waals surface area contributed by atoms with Gasteiger partial charge in [-0.3, -0.25) is 4.79 Å². The van der Waals surface area contributed by atoms with E-state index in [0.29, 0.717) is 5.92 Å². The predicted octanol–water partition coefficient (Wildman–Crippen LogP) is 2.57. The van der Waals surface area contributed by atoms with E-state index in [4.69, 9.17) is 5.11 Å². The highest BCUT2D eigenvalue weighted by Gasteiger charge is 2.41. The maximum Gasteiger partial charge on any atom is 0.261 e. The molecule has 4 heteroatoms. The van der Waals surface area contributed by atoms with E-state index in [1.54, 1.807) is 0 Å². The monoisotopic (exact) mass is 303 g/mol. The Bertz CT molecular complexity index is 576. The summed E-state index contributed by atoms with van der Waals surface area (Å²) >= 11 is 1.41. The van der Waals surface area contributed by atoms with Crippen molar-refractivity contribution in [2.45, 2.75) is 32.6 Å². The van der Waals surface area contributed by atoms with Crippen molar-refractivity contribution < 1.29 is 9.90 Å². The molecule has 2 N–H and O–H groups in total. The number of aliphatic hydroxyl groups excluding tert-OH is 1. The van der Waals surface area contributed by atoms with E-state index in [9.17, 15) is 4.79 Å². The van der Waals surface area contributed by atoms with Gasteiger partial charge in [-0.15, -0.1) is 11.3 Å². The molecule has 21 heavy (non-hydrogen) atoms. The minimum absolute atomic E-state index is 0.0199. The van der Waals surface area contributed by atoms with E-state index >= 15 is 0 Å². The van der Waals surface area contributed by atoms with Crippen molar-refractivity contribution in [2.75, 3.05) is 13.2 Å². The smallest absolute Gasteiger partial charge is 0.261 e. The molecule has 1 amide bonds. The van der Waals surface area contributed by atoms with E-state index in [0.717, 1.165) is 33.7 Å². The van der Waals surface area contributed by atoms with E-state index in [1.165, 1.54) is 37.0 Å². The predicted molar refractivity (Wildman–Crippen MR) is 84.3 cm³/mol. The molecule has 2 saturated carbocycles. The lowest BCUT2D eigenvalue weighted by Crippen LogP contribution is -2.30. The van der Waals surface area contributed by atoms with Gasteiger partial charge in [-0.05, 0) is 62.0 Å². The van der Waals surface area contributed by atoms with Crippen LogP contribution in [0, 0.1) is 36.5 Å². The lowest BCUT2D eigenvalue weighted by molar-refractivity contribution is 0.0947. The Morgan fingerprint density at radius 3 is 2.67 bits per heavy atom. The fourth-order valence-electron chi connectivity index (χ4n) is 2.90. The van der Waals surface area contributed by atoms with Crippen molar-refractivity contribution in [3.8, 4) is 11.8 Å². The number of aliphatic hydroxyl groups is 1. The molecule has 3 nitrogen and oxygen atoms in total. The summed E-state index contributed by atoms with van der Waals surface area (Å²) in [6, 6.07) is 1.89. The van der Waals surface area contributed by atoms with Gasteiger partial charge in [0, 0.05) is 6.54 Å². The number of carbonyl (C=O) groups excluding carboxylic acids is 1. The molecule has 0 saturated heterocycles. The zero-order valence-electron chi connectivity index (χ0n) is 12.3. The molecule has 0 atom stereocenters. The van der Waals surface area contributed by atoms with Gasteiger partial charge < -0.3 is 10.4 Å². The second kappa shape index (κ2) is 6.21. The number of rotatable bonds is 5. The molecule has 0 unspecified atom stereocenters. The van der Waals surface area contributed by atoms with Gasteiger partial charge in [-0.25, -0.2) is 0 Å². The SMILES string of the molecule is Cc1cc(C(=O)NCC(C2CC2)C2CC2)sc1C#CCO. The van der Waals surface area contributed by atoms with Gasteiger partial charge in [0.05, 0.1) is 9.75 Å². The summed E-state index contributed by atoms with van der Waals surface area (Å²) in [7, 11) is 0. The van der Waals surface area contributed by atoms with E-state index in [2.05, 4.69) is 17.2 Å². The third-order valence-electron chi connectivity index (χ3n) is 4.38. The summed E-state index contributed by atoms with van der Waals surface area (Å²) in [4.78, 5) is 13.9. The van der Waals surface area contributed by atoms with E-state index in [1.807, 2.05) is 13.0 Å². The summed E-state index contributed by atoms with van der Waals surface area (Å²) in [6.45, 7) is 2.62. The summed E-state index contributed by atoms with van der Waals surface area (Å²) in [5, 5.41) is 11.9. The average Bonchev–Trinajstić information content (AvgIpc) is 3.36. The van der Waals surface area contributed by atoms with Gasteiger partial charge >= 0.3 is 0 Å². The highest BCUT2D eigenvalue weighted by molar-refractivity contribution is 7.14. The first-order chi connectivity index (χ1) is 10.2. The van der Waals surface area contributed by atoms with Crippen LogP contribution in [-0.4, -0.2) is 24.2 Å². The van der Waals surface area contributed by atoms with Crippen LogP contribution >= 0.6 is 11.3 Å². The van der Waals surface area contributed by atoms with Crippen LogP contribution in [0.15, 0.2) is 6.07 Å². The molecule has 0 bridgehead atoms. The zero-order chi connectivity index (χ0) is 14.8. The van der Waals surface area contributed by atoms with Crippen LogP contribution < -0.4 is 5.32 Å². The summed E-state index contributed by atoms with van der Waals surface area (Å²) in [6.07, 6.45) is 5.37. The molecule has 0 radical (unpaired) electrons. The van der Waals surface area contributed by atoms with E-state index < -0.39 is 0 Å². The first-order valence-electron chi connectivity index (χ1n) is 7.67. The first kappa shape index (κ1) is 14.6. The molecule has 2 aliphatic rings. The number of nitrogens with one attached hydrogen (secondary N) is 1. The Morgan fingerprint density at radius 2 is 2.10 bits per heavy atom. The van der Waals surface area contributed by atoms with Gasteiger partial charge in [-0.1, -0.05) is 11.8 Å². The normalized spacial score (nSPS) is 17.5. The van der Waals surface area contributed by atoms with Crippen molar-refractivity contribution in [1.29, 1.82) is 0 Å². The molecule has 112 valence electrons. The lowest BCUT2D eigenvalue weighted by Gasteiger charge is -2.15. The number of carbonyl (C=O) groups is 1. The van der Waals surface area contributed by atoms with Crippen molar-refractivity contribution in [3.63, 3.8) is 0 Å². The van der Waals surface area contributed by atoms with Crippen molar-refractivity contribution in [1.82, 2.24) is 5.32 Å². The standard InChI is InChI=1S/C17H21NO2S/c1-11-9-16(21-15(11)3-2-8-19)17(20)18-10-14(12-4-5-12)13-6-7-13/h9,12-14,19H,4-8,10H2,1H3,(H,18,20). The molecule has 2 aliphatic carbocycles. The summed E-state index contributed by atoms with van der Waals surface area (Å²) in [5.74, 6) is 7.96. The van der Waals surface area contributed by atoms with Crippen LogP contribution in [0.2, 0.25) is 0 Å². The molecule has 2 fully saturated rings. The Balaban J connectivity index is 1.59. The summed E-state index contributed by atoms with van der Waals surface area (Å²) < 4.78 is 0. The van der Waals surface area contributed by atoms with Crippen LogP contribution in [0.3, 0.4) is 0 Å². The quantitative estimate of drug-likeness (QED) is 0.821. The van der Waals surface area contributed by atoms with Gasteiger partial charge in [0.2, 0.25) is 0 Å². The highest BCUT2D eigenvalue weighted by atomic mass is 32.1. The number of thiophene rings is 1. The Labute approximate surface area is 129 Å². The fourth-order valence-corrected chi connectivity index (χ4v) is 3.87. The maximum atomic E-state index is 12.3. The maximum absolute atomic E-state index is 12.3. The molecular formula is C17H21NO2S. The minimum Gasteiger partial charge on any atom is -0.384 e. The van der Waals surface area contributed by atoms with Crippen molar-refractivity contribution >= 4 is 17.2 Å². The van der Waals surface area contributed by atoms with Crippen LogP contribution in [0.1, 0.15) is 45.8 Å². The van der Waals surface area contributed by atoms with Gasteiger partial charge in [0.1, 0.15) is 6.61 Å². The molecule has 0 aromatic carbocycles. The molecule has 1 aromatic rings. The van der Waals surface area contributed by atoms with Crippen LogP contribution in [0.25, 0.3) is 0 Å². The molecule has 1 aromatic heterocycles. The van der Waals surface area contributed by atoms with Gasteiger partial charge in [-0.2, -0.15) is 0 Å². The molecule has 0 aliphatic heterocycles. The van der Waals surface area contributed by atoms with Crippen LogP contribution in [0.4, 0.5) is 0 Å². The Morgan fingerprint density at radius 1 is 1.43 bits per heavy atom. The average molecular weight is 303 g/mol. The third kappa shape index (κ3) is 3.66. The molecule has 1 heterocycles. The van der Waals surface area contributed by atoms with Crippen molar-refractivity contribution in [3.05, 3.63) is 21.4 Å². The van der Waals surface area contributed by atoms with Gasteiger partial charge in [0.25, 0.3) is 5.91 Å². The third-order valence-corrected chi connectivity index (χ3v) is 5.53. The van der Waals surface area contributed by atoms with Crippen LogP contribution in [-0.2, 0) is 0 Å².